The lowest BCUT2D eigenvalue weighted by molar-refractivity contribution is -0.118. The van der Waals surface area contributed by atoms with Crippen LogP contribution in [0.25, 0.3) is 21.3 Å². The number of ether oxygens (including phenoxy) is 2. The molecule has 0 aliphatic rings. The molecule has 0 aliphatic carbocycles. The van der Waals surface area contributed by atoms with Crippen LogP contribution in [0.5, 0.6) is 11.5 Å². The summed E-state index contributed by atoms with van der Waals surface area (Å²) in [4.78, 5) is 31.4. The molecule has 33 heavy (non-hydrogen) atoms. The van der Waals surface area contributed by atoms with Gasteiger partial charge < -0.3 is 14.8 Å². The summed E-state index contributed by atoms with van der Waals surface area (Å²) in [5.41, 5.74) is 2.69. The van der Waals surface area contributed by atoms with Crippen LogP contribution in [-0.2, 0) is 4.79 Å². The minimum atomic E-state index is -0.786. The third-order valence-electron chi connectivity index (χ3n) is 5.47. The molecule has 0 radical (unpaired) electrons. The first-order valence-electron chi connectivity index (χ1n) is 10.1. The number of fused-ring (bicyclic) bond motifs is 1. The smallest absolute Gasteiger partial charge is 0.263 e. The summed E-state index contributed by atoms with van der Waals surface area (Å²) >= 11 is 7.43. The van der Waals surface area contributed by atoms with Gasteiger partial charge in [0.05, 0.1) is 25.9 Å². The second kappa shape index (κ2) is 9.25. The molecule has 1 unspecified atom stereocenters. The molecule has 0 saturated heterocycles. The number of aromatic nitrogens is 2. The van der Waals surface area contributed by atoms with Gasteiger partial charge in [0.2, 0.25) is 5.91 Å². The van der Waals surface area contributed by atoms with Gasteiger partial charge in [0.25, 0.3) is 5.56 Å². The lowest BCUT2D eigenvalue weighted by Gasteiger charge is -2.16. The van der Waals surface area contributed by atoms with Gasteiger partial charge in [-0.1, -0.05) is 23.7 Å². The molecule has 2 aromatic heterocycles. The Balaban J connectivity index is 1.73. The fourth-order valence-corrected chi connectivity index (χ4v) is 4.61. The number of hydrogen-bond acceptors (Lipinski definition) is 6. The zero-order chi connectivity index (χ0) is 23.7. The molecule has 1 atom stereocenters. The first-order valence-corrected chi connectivity index (χ1v) is 11.4. The number of amides is 1. The van der Waals surface area contributed by atoms with E-state index in [0.717, 1.165) is 16.7 Å². The van der Waals surface area contributed by atoms with Gasteiger partial charge >= 0.3 is 0 Å². The van der Waals surface area contributed by atoms with Crippen molar-refractivity contribution >= 4 is 44.7 Å². The highest BCUT2D eigenvalue weighted by Crippen LogP contribution is 2.36. The number of benzene rings is 2. The van der Waals surface area contributed by atoms with Crippen LogP contribution in [0.1, 0.15) is 18.5 Å². The zero-order valence-electron chi connectivity index (χ0n) is 18.5. The van der Waals surface area contributed by atoms with Gasteiger partial charge in [0.1, 0.15) is 10.9 Å². The highest BCUT2D eigenvalue weighted by atomic mass is 35.5. The first kappa shape index (κ1) is 22.8. The van der Waals surface area contributed by atoms with Crippen LogP contribution in [0.3, 0.4) is 0 Å². The summed E-state index contributed by atoms with van der Waals surface area (Å²) in [6.07, 6.45) is 1.41. The zero-order valence-corrected chi connectivity index (χ0v) is 20.1. The van der Waals surface area contributed by atoms with E-state index in [2.05, 4.69) is 10.3 Å². The third kappa shape index (κ3) is 4.31. The van der Waals surface area contributed by atoms with Gasteiger partial charge in [-0.25, -0.2) is 4.98 Å². The molecule has 9 heteroatoms. The van der Waals surface area contributed by atoms with E-state index >= 15 is 0 Å². The predicted molar refractivity (Wildman–Crippen MR) is 132 cm³/mol. The Kier molecular flexibility index (Phi) is 6.40. The highest BCUT2D eigenvalue weighted by molar-refractivity contribution is 7.17. The van der Waals surface area contributed by atoms with Gasteiger partial charge in [0, 0.05) is 21.7 Å². The van der Waals surface area contributed by atoms with Crippen LogP contribution < -0.4 is 20.3 Å². The van der Waals surface area contributed by atoms with E-state index in [1.807, 2.05) is 30.5 Å². The molecule has 1 N–H and O–H groups in total. The van der Waals surface area contributed by atoms with Crippen LogP contribution in [0.4, 0.5) is 5.69 Å². The summed E-state index contributed by atoms with van der Waals surface area (Å²) in [6.45, 7) is 3.53. The molecule has 4 aromatic rings. The maximum absolute atomic E-state index is 13.5. The number of nitrogens with one attached hydrogen (secondary N) is 1. The van der Waals surface area contributed by atoms with Crippen molar-refractivity contribution in [3.8, 4) is 22.6 Å². The molecule has 0 saturated carbocycles. The Hall–Kier alpha value is -3.36. The molecule has 7 nitrogen and oxygen atoms in total. The SMILES string of the molecule is COc1ccc(-c2csc3ncn(C(C)C(=O)Nc4cc(Cl)ccc4C)c(=O)c23)cc1OC. The van der Waals surface area contributed by atoms with E-state index in [9.17, 15) is 9.59 Å². The highest BCUT2D eigenvalue weighted by Gasteiger charge is 2.21. The maximum atomic E-state index is 13.5. The minimum absolute atomic E-state index is 0.295. The van der Waals surface area contributed by atoms with Crippen molar-refractivity contribution in [3.05, 3.63) is 69.0 Å². The number of anilines is 1. The van der Waals surface area contributed by atoms with Gasteiger partial charge in [-0.15, -0.1) is 11.3 Å². The molecule has 0 fully saturated rings. The Bertz CT molecular complexity index is 1410. The van der Waals surface area contributed by atoms with Crippen molar-refractivity contribution in [1.29, 1.82) is 0 Å². The number of halogens is 1. The van der Waals surface area contributed by atoms with Crippen LogP contribution in [0, 0.1) is 6.92 Å². The van der Waals surface area contributed by atoms with E-state index in [0.29, 0.717) is 32.4 Å². The van der Waals surface area contributed by atoms with Crippen molar-refractivity contribution in [1.82, 2.24) is 9.55 Å². The average Bonchev–Trinajstić information content (AvgIpc) is 3.26. The maximum Gasteiger partial charge on any atom is 0.263 e. The fraction of sp³-hybridized carbons (Fsp3) is 0.208. The van der Waals surface area contributed by atoms with Crippen LogP contribution in [0.15, 0.2) is 52.9 Å². The number of carbonyl (C=O) groups is 1. The molecule has 0 bridgehead atoms. The average molecular weight is 484 g/mol. The van der Waals surface area contributed by atoms with E-state index in [-0.39, 0.29) is 11.5 Å². The Labute approximate surface area is 199 Å². The minimum Gasteiger partial charge on any atom is -0.493 e. The van der Waals surface area contributed by atoms with Crippen LogP contribution in [-0.4, -0.2) is 29.7 Å². The number of rotatable bonds is 6. The van der Waals surface area contributed by atoms with E-state index in [4.69, 9.17) is 21.1 Å². The molecular weight excluding hydrogens is 462 g/mol. The van der Waals surface area contributed by atoms with Crippen molar-refractivity contribution in [2.24, 2.45) is 0 Å². The predicted octanol–water partition coefficient (Wildman–Crippen LogP) is 5.30. The molecule has 0 spiro atoms. The quantitative estimate of drug-likeness (QED) is 0.402. The lowest BCUT2D eigenvalue weighted by atomic mass is 10.1. The second-order valence-electron chi connectivity index (χ2n) is 7.48. The molecule has 170 valence electrons. The number of thiophene rings is 1. The van der Waals surface area contributed by atoms with E-state index < -0.39 is 6.04 Å². The van der Waals surface area contributed by atoms with Crippen molar-refractivity contribution in [2.75, 3.05) is 19.5 Å². The van der Waals surface area contributed by atoms with Crippen molar-refractivity contribution in [2.45, 2.75) is 19.9 Å². The Morgan fingerprint density at radius 1 is 1.15 bits per heavy atom. The first-order chi connectivity index (χ1) is 15.8. The molecule has 0 aliphatic heterocycles. The lowest BCUT2D eigenvalue weighted by Crippen LogP contribution is -2.31. The normalized spacial score (nSPS) is 11.9. The summed E-state index contributed by atoms with van der Waals surface area (Å²) < 4.78 is 12.1. The molecule has 2 heterocycles. The largest absolute Gasteiger partial charge is 0.493 e. The Morgan fingerprint density at radius 2 is 1.91 bits per heavy atom. The number of methoxy groups -OCH3 is 2. The third-order valence-corrected chi connectivity index (χ3v) is 6.59. The summed E-state index contributed by atoms with van der Waals surface area (Å²) in [5.74, 6) is 0.813. The number of nitrogens with zero attached hydrogens (tertiary/aromatic N) is 2. The van der Waals surface area contributed by atoms with Crippen LogP contribution in [0.2, 0.25) is 5.02 Å². The summed E-state index contributed by atoms with van der Waals surface area (Å²) in [6, 6.07) is 9.93. The number of aryl methyl sites for hydroxylation is 1. The number of carbonyl (C=O) groups excluding carboxylic acids is 1. The number of hydrogen-bond donors (Lipinski definition) is 1. The van der Waals surface area contributed by atoms with Gasteiger partial charge in [-0.05, 0) is 49.2 Å². The second-order valence-corrected chi connectivity index (χ2v) is 8.78. The van der Waals surface area contributed by atoms with Gasteiger partial charge in [-0.2, -0.15) is 0 Å². The molecule has 2 aromatic carbocycles. The van der Waals surface area contributed by atoms with Crippen molar-refractivity contribution in [3.63, 3.8) is 0 Å². The van der Waals surface area contributed by atoms with Crippen LogP contribution >= 0.6 is 22.9 Å². The fourth-order valence-electron chi connectivity index (χ4n) is 3.53. The Morgan fingerprint density at radius 3 is 2.64 bits per heavy atom. The standard InChI is InChI=1S/C24H22ClN3O4S/c1-13-5-7-16(25)10-18(13)27-22(29)14(2)28-12-26-23-21(24(28)30)17(11-33-23)15-6-8-19(31-3)20(9-15)32-4/h5-12,14H,1-4H3,(H,27,29). The van der Waals surface area contributed by atoms with Gasteiger partial charge in [-0.3, -0.25) is 14.2 Å². The monoisotopic (exact) mass is 483 g/mol. The topological polar surface area (TPSA) is 82.5 Å². The molecular formula is C24H22ClN3O4S. The summed E-state index contributed by atoms with van der Waals surface area (Å²) in [5, 5.41) is 5.70. The van der Waals surface area contributed by atoms with Crippen molar-refractivity contribution < 1.29 is 14.3 Å². The molecule has 1 amide bonds. The summed E-state index contributed by atoms with van der Waals surface area (Å²) in [7, 11) is 3.13. The van der Waals surface area contributed by atoms with Gasteiger partial charge in [0.15, 0.2) is 11.5 Å². The van der Waals surface area contributed by atoms with E-state index in [1.165, 1.54) is 22.2 Å². The van der Waals surface area contributed by atoms with E-state index in [1.54, 1.807) is 39.3 Å². The molecule has 4 rings (SSSR count).